The van der Waals surface area contributed by atoms with Gasteiger partial charge >= 0.3 is 59.1 Å². The van der Waals surface area contributed by atoms with Crippen LogP contribution in [-0.4, -0.2) is 48.4 Å². The summed E-state index contributed by atoms with van der Waals surface area (Å²) in [7, 11) is 0. The fourth-order valence-electron chi connectivity index (χ4n) is 4.88. The molecule has 1 aliphatic rings. The topological polar surface area (TPSA) is 131 Å². The quantitative estimate of drug-likeness (QED) is 0.219. The Morgan fingerprint density at radius 2 is 1.79 bits per heavy atom. The molecule has 38 heavy (non-hydrogen) atoms. The predicted molar refractivity (Wildman–Crippen MR) is 128 cm³/mol. The molecule has 0 N–H and O–H groups in total. The van der Waals surface area contributed by atoms with E-state index < -0.39 is 12.0 Å². The number of carbonyl (C=O) groups is 2. The van der Waals surface area contributed by atoms with Gasteiger partial charge in [0, 0.05) is 38.7 Å². The van der Waals surface area contributed by atoms with Crippen molar-refractivity contribution in [3.05, 3.63) is 71.3 Å². The molecular weight excluding hydrogens is 504 g/mol. The second kappa shape index (κ2) is 13.1. The number of carboxylic acids is 1. The molecule has 4 aromatic rings. The molecule has 2 aromatic carbocycles. The number of aliphatic carboxylic acids is 1. The Kier molecular flexibility index (Phi) is 10.4. The molecular formula is C26H25N7Na2O3. The molecule has 3 heterocycles. The summed E-state index contributed by atoms with van der Waals surface area (Å²) in [5, 5.41) is 27.3. The molecule has 1 unspecified atom stereocenters. The first-order chi connectivity index (χ1) is 17.5. The monoisotopic (exact) mass is 529 g/mol. The Morgan fingerprint density at radius 1 is 1.08 bits per heavy atom. The molecule has 0 saturated carbocycles. The molecule has 0 radical (unpaired) electrons. The number of tetrazole rings is 1. The zero-order valence-corrected chi connectivity index (χ0v) is 26.1. The van der Waals surface area contributed by atoms with Crippen LogP contribution < -0.4 is 69.3 Å². The second-order valence-corrected chi connectivity index (χ2v) is 8.83. The third kappa shape index (κ3) is 5.95. The van der Waals surface area contributed by atoms with Crippen LogP contribution in [0.15, 0.2) is 48.5 Å². The molecule has 0 saturated heterocycles. The van der Waals surface area contributed by atoms with Gasteiger partial charge in [-0.3, -0.25) is 15.1 Å². The fourth-order valence-corrected chi connectivity index (χ4v) is 4.88. The zero-order valence-electron chi connectivity index (χ0n) is 22.1. The SMILES string of the molecule is CCCc1nc2c(n1Cc1ccc(-c3ccccc3-c3nnn[n-]3)cc1)C(C(=O)[O-])N(C(C)=O)CC2.[Na+].[Na+]. The van der Waals surface area contributed by atoms with Crippen molar-refractivity contribution >= 4 is 11.9 Å². The predicted octanol–water partition coefficient (Wildman–Crippen LogP) is -4.44. The van der Waals surface area contributed by atoms with Crippen molar-refractivity contribution in [2.45, 2.75) is 45.7 Å². The van der Waals surface area contributed by atoms with Gasteiger partial charge in [-0.15, -0.1) is 0 Å². The third-order valence-corrected chi connectivity index (χ3v) is 6.52. The normalized spacial score (nSPS) is 14.3. The number of amides is 1. The van der Waals surface area contributed by atoms with E-state index >= 15 is 0 Å². The fraction of sp³-hybridized carbons (Fsp3) is 0.308. The first-order valence-corrected chi connectivity index (χ1v) is 11.9. The van der Waals surface area contributed by atoms with E-state index in [0.717, 1.165) is 40.2 Å². The van der Waals surface area contributed by atoms with Crippen molar-refractivity contribution < 1.29 is 73.8 Å². The molecule has 0 aliphatic carbocycles. The first kappa shape index (κ1) is 30.2. The zero-order chi connectivity index (χ0) is 25.2. The number of carbonyl (C=O) groups excluding carboxylic acids is 2. The number of nitrogens with zero attached hydrogens (tertiary/aromatic N) is 7. The van der Waals surface area contributed by atoms with Gasteiger partial charge in [-0.2, -0.15) is 5.21 Å². The molecule has 0 bridgehead atoms. The van der Waals surface area contributed by atoms with Crippen LogP contribution >= 0.6 is 0 Å². The van der Waals surface area contributed by atoms with Crippen molar-refractivity contribution in [3.8, 4) is 22.5 Å². The van der Waals surface area contributed by atoms with Crippen LogP contribution in [0.25, 0.3) is 22.5 Å². The van der Waals surface area contributed by atoms with Crippen LogP contribution in [0.2, 0.25) is 0 Å². The minimum atomic E-state index is -1.29. The Bertz CT molecular complexity index is 1400. The maximum atomic E-state index is 12.2. The summed E-state index contributed by atoms with van der Waals surface area (Å²) in [4.78, 5) is 30.5. The van der Waals surface area contributed by atoms with Crippen molar-refractivity contribution in [1.82, 2.24) is 35.1 Å². The number of fused-ring (bicyclic) bond motifs is 1. The van der Waals surface area contributed by atoms with Gasteiger partial charge in [0.25, 0.3) is 0 Å². The number of imidazole rings is 1. The van der Waals surface area contributed by atoms with Crippen molar-refractivity contribution in [2.24, 2.45) is 0 Å². The maximum Gasteiger partial charge on any atom is 1.00 e. The summed E-state index contributed by atoms with van der Waals surface area (Å²) in [6.07, 6.45) is 2.09. The van der Waals surface area contributed by atoms with E-state index in [1.165, 1.54) is 11.8 Å². The van der Waals surface area contributed by atoms with Crippen LogP contribution in [0.4, 0.5) is 0 Å². The summed E-state index contributed by atoms with van der Waals surface area (Å²) >= 11 is 0. The summed E-state index contributed by atoms with van der Waals surface area (Å²) in [5.74, 6) is -0.294. The van der Waals surface area contributed by atoms with Crippen LogP contribution in [0.1, 0.15) is 49.1 Å². The summed E-state index contributed by atoms with van der Waals surface area (Å²) in [5.41, 5.74) is 5.04. The second-order valence-electron chi connectivity index (χ2n) is 8.83. The number of benzene rings is 2. The smallest absolute Gasteiger partial charge is 0.547 e. The Labute approximate surface area is 264 Å². The van der Waals surface area contributed by atoms with Crippen molar-refractivity contribution in [3.63, 3.8) is 0 Å². The van der Waals surface area contributed by atoms with E-state index in [2.05, 4.69) is 27.5 Å². The molecule has 1 atom stereocenters. The summed E-state index contributed by atoms with van der Waals surface area (Å²) in [6.45, 7) is 4.20. The maximum absolute atomic E-state index is 12.2. The number of hydrogen-bond acceptors (Lipinski definition) is 7. The van der Waals surface area contributed by atoms with E-state index in [0.29, 0.717) is 37.4 Å². The molecule has 1 aliphatic heterocycles. The summed E-state index contributed by atoms with van der Waals surface area (Å²) < 4.78 is 1.95. The first-order valence-electron chi connectivity index (χ1n) is 11.9. The summed E-state index contributed by atoms with van der Waals surface area (Å²) in [6, 6.07) is 14.7. The third-order valence-electron chi connectivity index (χ3n) is 6.52. The van der Waals surface area contributed by atoms with Crippen molar-refractivity contribution in [1.29, 1.82) is 0 Å². The number of aryl methyl sites for hydroxylation is 1. The largest absolute Gasteiger partial charge is 1.00 e. The Morgan fingerprint density at radius 3 is 2.39 bits per heavy atom. The van der Waals surface area contributed by atoms with Gasteiger partial charge in [-0.25, -0.2) is 4.98 Å². The van der Waals surface area contributed by atoms with Gasteiger partial charge in [0.05, 0.1) is 17.4 Å². The molecule has 1 amide bonds. The van der Waals surface area contributed by atoms with Gasteiger partial charge in [0.15, 0.2) is 0 Å². The molecule has 12 heteroatoms. The molecule has 10 nitrogen and oxygen atoms in total. The number of aromatic nitrogens is 6. The van der Waals surface area contributed by atoms with E-state index in [4.69, 9.17) is 4.98 Å². The number of carboxylic acid groups (broad SMARTS) is 1. The average Bonchev–Trinajstić information content (AvgIpc) is 3.53. The Balaban J connectivity index is 0.00000200. The minimum absolute atomic E-state index is 0. The molecule has 2 aromatic heterocycles. The van der Waals surface area contributed by atoms with Gasteiger partial charge in [0.2, 0.25) is 5.91 Å². The minimum Gasteiger partial charge on any atom is -0.547 e. The Hall–Kier alpha value is -2.34. The van der Waals surface area contributed by atoms with Crippen LogP contribution in [0.5, 0.6) is 0 Å². The van der Waals surface area contributed by atoms with Crippen molar-refractivity contribution in [2.75, 3.05) is 6.54 Å². The number of rotatable bonds is 7. The van der Waals surface area contributed by atoms with Gasteiger partial charge in [-0.05, 0) is 28.7 Å². The van der Waals surface area contributed by atoms with Crippen LogP contribution in [0.3, 0.4) is 0 Å². The standard InChI is InChI=1S/C26H27N7O3.2Na/c1-3-6-22-27-21-13-14-32(16(2)34)24(26(35)36)23(21)33(22)15-17-9-11-18(12-10-17)19-7-4-5-8-20(19)25-28-30-31-29-25;;/h4-5,7-12,24H,3,6,13-15H2,1-2H3,(H2,28,29,30,31,35,36);;/q;2*+1/p-2. The van der Waals surface area contributed by atoms with Gasteiger partial charge in [-0.1, -0.05) is 55.5 Å². The molecule has 184 valence electrons. The van der Waals surface area contributed by atoms with Gasteiger partial charge in [0.1, 0.15) is 11.9 Å². The van der Waals surface area contributed by atoms with E-state index in [9.17, 15) is 14.7 Å². The van der Waals surface area contributed by atoms with E-state index in [1.54, 1.807) is 0 Å². The average molecular weight is 530 g/mol. The van der Waals surface area contributed by atoms with E-state index in [1.807, 2.05) is 53.1 Å². The van der Waals surface area contributed by atoms with Gasteiger partial charge < -0.3 is 24.5 Å². The molecule has 0 fully saturated rings. The molecule has 5 rings (SSSR count). The van der Waals surface area contributed by atoms with Crippen LogP contribution in [0, 0.1) is 0 Å². The van der Waals surface area contributed by atoms with Crippen LogP contribution in [-0.2, 0) is 29.0 Å². The number of hydrogen-bond donors (Lipinski definition) is 0. The van der Waals surface area contributed by atoms with E-state index in [-0.39, 0.29) is 65.0 Å². The molecule has 0 spiro atoms.